The van der Waals surface area contributed by atoms with Gasteiger partial charge >= 0.3 is 0 Å². The van der Waals surface area contributed by atoms with Gasteiger partial charge in [-0.15, -0.1) is 11.3 Å². The van der Waals surface area contributed by atoms with E-state index < -0.39 is 0 Å². The Labute approximate surface area is 170 Å². The Balaban J connectivity index is 1.47. The molecule has 7 heteroatoms. The topological polar surface area (TPSA) is 48.9 Å². The maximum absolute atomic E-state index is 13.0. The summed E-state index contributed by atoms with van der Waals surface area (Å²) >= 11 is 1.80. The first-order valence-electron chi connectivity index (χ1n) is 9.89. The molecule has 1 aromatic heterocycles. The van der Waals surface area contributed by atoms with Gasteiger partial charge in [0.25, 0.3) is 0 Å². The minimum Gasteiger partial charge on any atom is -0.489 e. The van der Waals surface area contributed by atoms with E-state index in [1.54, 1.807) is 23.5 Å². The van der Waals surface area contributed by atoms with Crippen molar-refractivity contribution in [1.29, 1.82) is 0 Å². The summed E-state index contributed by atoms with van der Waals surface area (Å²) in [5.74, 6) is 1.22. The van der Waals surface area contributed by atoms with Gasteiger partial charge < -0.3 is 20.3 Å². The van der Waals surface area contributed by atoms with Crippen molar-refractivity contribution in [3.8, 4) is 5.75 Å². The quantitative estimate of drug-likeness (QED) is 0.543. The fourth-order valence-electron chi connectivity index (χ4n) is 3.21. The predicted molar refractivity (Wildman–Crippen MR) is 115 cm³/mol. The number of hydrogen-bond donors (Lipinski definition) is 2. The van der Waals surface area contributed by atoms with Gasteiger partial charge in [0.15, 0.2) is 5.96 Å². The van der Waals surface area contributed by atoms with Crippen molar-refractivity contribution < 1.29 is 9.13 Å². The molecule has 5 nitrogen and oxygen atoms in total. The molecular formula is C21H29FN4OS. The number of nitrogens with zero attached hydrogens (tertiary/aromatic N) is 2. The molecule has 0 saturated carbocycles. The lowest BCUT2D eigenvalue weighted by molar-refractivity contribution is 0.230. The Morgan fingerprint density at radius 3 is 2.68 bits per heavy atom. The van der Waals surface area contributed by atoms with Crippen molar-refractivity contribution in [3.63, 3.8) is 0 Å². The number of halogens is 1. The van der Waals surface area contributed by atoms with Gasteiger partial charge in [0.05, 0.1) is 11.5 Å². The molecule has 2 aromatic rings. The summed E-state index contributed by atoms with van der Waals surface area (Å²) < 4.78 is 18.8. The van der Waals surface area contributed by atoms with Gasteiger partial charge in [-0.25, -0.2) is 9.38 Å². The standard InChI is InChI=1S/C21H29FN4OS/c1-3-23-21(24-15-16(2)27-19-8-6-17(22)7-9-19)25-18-10-12-26(13-11-18)20-5-4-14-28-20/h4-9,14,16,18H,3,10-13,15H2,1-2H3,(H2,23,24,25). The normalized spacial score (nSPS) is 16.7. The maximum atomic E-state index is 13.0. The minimum absolute atomic E-state index is 0.0957. The highest BCUT2D eigenvalue weighted by atomic mass is 32.1. The summed E-state index contributed by atoms with van der Waals surface area (Å²) in [4.78, 5) is 7.12. The van der Waals surface area contributed by atoms with Gasteiger partial charge in [-0.3, -0.25) is 0 Å². The van der Waals surface area contributed by atoms with Crippen LogP contribution in [0.5, 0.6) is 5.75 Å². The zero-order chi connectivity index (χ0) is 19.8. The first-order valence-corrected chi connectivity index (χ1v) is 10.8. The Kier molecular flexibility index (Phi) is 7.54. The monoisotopic (exact) mass is 404 g/mol. The van der Waals surface area contributed by atoms with Crippen LogP contribution < -0.4 is 20.3 Å². The van der Waals surface area contributed by atoms with Crippen LogP contribution in [0.4, 0.5) is 9.39 Å². The molecule has 0 amide bonds. The van der Waals surface area contributed by atoms with E-state index in [9.17, 15) is 4.39 Å². The van der Waals surface area contributed by atoms with Crippen molar-refractivity contribution >= 4 is 22.3 Å². The third kappa shape index (κ3) is 6.12. The second kappa shape index (κ2) is 10.3. The average molecular weight is 405 g/mol. The summed E-state index contributed by atoms with van der Waals surface area (Å²) in [6.07, 6.45) is 2.08. The summed E-state index contributed by atoms with van der Waals surface area (Å²) in [6.45, 7) is 7.49. The van der Waals surface area contributed by atoms with Gasteiger partial charge in [0.2, 0.25) is 0 Å². The van der Waals surface area contributed by atoms with E-state index in [2.05, 4.69) is 45.0 Å². The van der Waals surface area contributed by atoms with Gasteiger partial charge in [0, 0.05) is 25.7 Å². The van der Waals surface area contributed by atoms with Crippen LogP contribution in [0.15, 0.2) is 46.8 Å². The molecule has 0 aliphatic carbocycles. The fraction of sp³-hybridized carbons (Fsp3) is 0.476. The Morgan fingerprint density at radius 1 is 1.29 bits per heavy atom. The number of hydrogen-bond acceptors (Lipinski definition) is 4. The van der Waals surface area contributed by atoms with Crippen LogP contribution in [0.2, 0.25) is 0 Å². The lowest BCUT2D eigenvalue weighted by atomic mass is 10.1. The number of piperidine rings is 1. The Bertz CT molecular complexity index is 727. The van der Waals surface area contributed by atoms with E-state index in [1.807, 2.05) is 6.92 Å². The molecule has 2 heterocycles. The Morgan fingerprint density at radius 2 is 2.04 bits per heavy atom. The number of aliphatic imine (C=N–C) groups is 1. The lowest BCUT2D eigenvalue weighted by Gasteiger charge is -2.33. The number of anilines is 1. The smallest absolute Gasteiger partial charge is 0.191 e. The average Bonchev–Trinajstić information content (AvgIpc) is 3.23. The predicted octanol–water partition coefficient (Wildman–Crippen LogP) is 3.88. The van der Waals surface area contributed by atoms with Crippen LogP contribution in [-0.4, -0.2) is 44.3 Å². The van der Waals surface area contributed by atoms with Gasteiger partial charge in [0.1, 0.15) is 17.7 Å². The molecule has 3 rings (SSSR count). The Hall–Kier alpha value is -2.28. The SMILES string of the molecule is CCNC(=NCC(C)Oc1ccc(F)cc1)NC1CCN(c2cccs2)CC1. The summed E-state index contributed by atoms with van der Waals surface area (Å²) in [6, 6.07) is 10.8. The van der Waals surface area contributed by atoms with Gasteiger partial charge in [-0.05, 0) is 68.5 Å². The van der Waals surface area contributed by atoms with Crippen LogP contribution in [0.25, 0.3) is 0 Å². The number of rotatable bonds is 7. The molecule has 0 bridgehead atoms. The van der Waals surface area contributed by atoms with E-state index >= 15 is 0 Å². The van der Waals surface area contributed by atoms with Crippen LogP contribution in [0.1, 0.15) is 26.7 Å². The second-order valence-electron chi connectivity index (χ2n) is 6.96. The largest absolute Gasteiger partial charge is 0.489 e. The summed E-state index contributed by atoms with van der Waals surface area (Å²) in [5, 5.41) is 10.4. The van der Waals surface area contributed by atoms with Crippen LogP contribution in [0.3, 0.4) is 0 Å². The van der Waals surface area contributed by atoms with Crippen molar-refractivity contribution in [3.05, 3.63) is 47.6 Å². The van der Waals surface area contributed by atoms with Crippen molar-refractivity contribution in [1.82, 2.24) is 10.6 Å². The maximum Gasteiger partial charge on any atom is 0.191 e. The van der Waals surface area contributed by atoms with Gasteiger partial charge in [-0.1, -0.05) is 0 Å². The molecule has 28 heavy (non-hydrogen) atoms. The van der Waals surface area contributed by atoms with Crippen LogP contribution in [0, 0.1) is 5.82 Å². The van der Waals surface area contributed by atoms with Crippen molar-refractivity contribution in [2.45, 2.75) is 38.8 Å². The molecule has 1 aliphatic heterocycles. The highest BCUT2D eigenvalue weighted by molar-refractivity contribution is 7.14. The zero-order valence-corrected chi connectivity index (χ0v) is 17.3. The summed E-state index contributed by atoms with van der Waals surface area (Å²) in [5.41, 5.74) is 0. The van der Waals surface area contributed by atoms with E-state index in [1.165, 1.54) is 17.1 Å². The molecule has 1 atom stereocenters. The number of thiophene rings is 1. The molecular weight excluding hydrogens is 375 g/mol. The molecule has 0 spiro atoms. The van der Waals surface area contributed by atoms with E-state index in [0.29, 0.717) is 18.3 Å². The van der Waals surface area contributed by atoms with E-state index in [-0.39, 0.29) is 11.9 Å². The van der Waals surface area contributed by atoms with Crippen LogP contribution >= 0.6 is 11.3 Å². The third-order valence-electron chi connectivity index (χ3n) is 4.66. The molecule has 1 aromatic carbocycles. The number of nitrogens with one attached hydrogen (secondary N) is 2. The van der Waals surface area contributed by atoms with Crippen molar-refractivity contribution in [2.75, 3.05) is 31.1 Å². The van der Waals surface area contributed by atoms with Crippen molar-refractivity contribution in [2.24, 2.45) is 4.99 Å². The molecule has 1 unspecified atom stereocenters. The third-order valence-corrected chi connectivity index (χ3v) is 5.58. The molecule has 152 valence electrons. The number of benzene rings is 1. The highest BCUT2D eigenvalue weighted by Gasteiger charge is 2.20. The van der Waals surface area contributed by atoms with Gasteiger partial charge in [-0.2, -0.15) is 0 Å². The molecule has 1 aliphatic rings. The number of guanidine groups is 1. The molecule has 1 saturated heterocycles. The fourth-order valence-corrected chi connectivity index (χ4v) is 4.00. The molecule has 2 N–H and O–H groups in total. The minimum atomic E-state index is -0.262. The molecule has 0 radical (unpaired) electrons. The zero-order valence-electron chi connectivity index (χ0n) is 16.5. The number of ether oxygens (including phenoxy) is 1. The van der Waals surface area contributed by atoms with Crippen LogP contribution in [-0.2, 0) is 0 Å². The van der Waals surface area contributed by atoms with E-state index in [0.717, 1.165) is 38.4 Å². The molecule has 1 fully saturated rings. The summed E-state index contributed by atoms with van der Waals surface area (Å²) in [7, 11) is 0. The highest BCUT2D eigenvalue weighted by Crippen LogP contribution is 2.24. The second-order valence-corrected chi connectivity index (χ2v) is 7.89. The first kappa shape index (κ1) is 20.5. The van der Waals surface area contributed by atoms with E-state index in [4.69, 9.17) is 4.74 Å². The lowest BCUT2D eigenvalue weighted by Crippen LogP contribution is -2.49. The first-order chi connectivity index (χ1) is 13.6.